The number of benzene rings is 1. The summed E-state index contributed by atoms with van der Waals surface area (Å²) in [5, 5.41) is 3.61. The average molecular weight is 342 g/mol. The molecule has 0 N–H and O–H groups in total. The molecular formula is C18H18N2OS2. The summed E-state index contributed by atoms with van der Waals surface area (Å²) in [6.07, 6.45) is 2.19. The van der Waals surface area contributed by atoms with Crippen molar-refractivity contribution in [3.8, 4) is 0 Å². The van der Waals surface area contributed by atoms with Crippen molar-refractivity contribution in [3.05, 3.63) is 57.7 Å². The van der Waals surface area contributed by atoms with E-state index < -0.39 is 0 Å². The van der Waals surface area contributed by atoms with Gasteiger partial charge in [-0.05, 0) is 35.8 Å². The zero-order chi connectivity index (χ0) is 15.8. The van der Waals surface area contributed by atoms with Crippen LogP contribution in [0.3, 0.4) is 0 Å². The molecule has 0 radical (unpaired) electrons. The van der Waals surface area contributed by atoms with Crippen molar-refractivity contribution < 1.29 is 0 Å². The molecule has 3 aromatic rings. The van der Waals surface area contributed by atoms with Gasteiger partial charge in [-0.3, -0.25) is 9.36 Å². The number of aromatic nitrogens is 2. The summed E-state index contributed by atoms with van der Waals surface area (Å²) in [5.41, 5.74) is 1.46. The van der Waals surface area contributed by atoms with Crippen LogP contribution in [-0.2, 0) is 0 Å². The van der Waals surface area contributed by atoms with Gasteiger partial charge in [0.15, 0.2) is 5.16 Å². The van der Waals surface area contributed by atoms with Crippen molar-refractivity contribution in [2.45, 2.75) is 36.9 Å². The predicted molar refractivity (Wildman–Crippen MR) is 97.7 cm³/mol. The summed E-state index contributed by atoms with van der Waals surface area (Å²) in [7, 11) is 0. The Bertz CT molecular complexity index is 881. The molecule has 0 aliphatic heterocycles. The molecule has 5 heteroatoms. The Kier molecular flexibility index (Phi) is 3.99. The van der Waals surface area contributed by atoms with Crippen molar-refractivity contribution in [2.75, 3.05) is 5.75 Å². The highest BCUT2D eigenvalue weighted by molar-refractivity contribution is 7.99. The molecule has 2 aromatic heterocycles. The van der Waals surface area contributed by atoms with Gasteiger partial charge in [-0.15, -0.1) is 11.3 Å². The molecule has 3 nitrogen and oxygen atoms in total. The van der Waals surface area contributed by atoms with Gasteiger partial charge in [0.05, 0.1) is 5.39 Å². The lowest BCUT2D eigenvalue weighted by Gasteiger charge is -2.14. The standard InChI is InChI=1S/C18H18N2OS2/c1-12(13-5-3-2-4-6-13)11-23-18-19-16-15(9-10-22-16)17(21)20(18)14-7-8-14/h2-6,9-10,12,14H,7-8,11H2,1H3. The molecule has 2 heterocycles. The van der Waals surface area contributed by atoms with Crippen molar-refractivity contribution >= 4 is 33.3 Å². The topological polar surface area (TPSA) is 34.9 Å². The molecule has 1 fully saturated rings. The summed E-state index contributed by atoms with van der Waals surface area (Å²) in [4.78, 5) is 18.4. The molecule has 1 saturated carbocycles. The lowest BCUT2D eigenvalue weighted by molar-refractivity contribution is 0.618. The second-order valence-corrected chi connectivity index (χ2v) is 7.94. The number of thioether (sulfide) groups is 1. The molecular weight excluding hydrogens is 324 g/mol. The summed E-state index contributed by atoms with van der Waals surface area (Å²) < 4.78 is 1.93. The minimum atomic E-state index is 0.133. The highest BCUT2D eigenvalue weighted by Gasteiger charge is 2.29. The molecule has 1 aromatic carbocycles. The highest BCUT2D eigenvalue weighted by Crippen LogP contribution is 2.38. The molecule has 1 aliphatic carbocycles. The van der Waals surface area contributed by atoms with Gasteiger partial charge in [0, 0.05) is 11.8 Å². The van der Waals surface area contributed by atoms with Crippen LogP contribution in [-0.4, -0.2) is 15.3 Å². The van der Waals surface area contributed by atoms with Crippen LogP contribution in [0.5, 0.6) is 0 Å². The summed E-state index contributed by atoms with van der Waals surface area (Å²) in [5.74, 6) is 1.37. The largest absolute Gasteiger partial charge is 0.284 e. The SMILES string of the molecule is CC(CSc1nc2sccc2c(=O)n1C1CC1)c1ccccc1. The van der Waals surface area contributed by atoms with E-state index in [1.54, 1.807) is 23.1 Å². The van der Waals surface area contributed by atoms with Gasteiger partial charge >= 0.3 is 0 Å². The molecule has 0 saturated heterocycles. The van der Waals surface area contributed by atoms with Gasteiger partial charge in [0.25, 0.3) is 5.56 Å². The van der Waals surface area contributed by atoms with E-state index in [2.05, 4.69) is 31.2 Å². The molecule has 1 aliphatic rings. The maximum atomic E-state index is 12.7. The summed E-state index contributed by atoms with van der Waals surface area (Å²) in [6, 6.07) is 12.8. The first-order valence-electron chi connectivity index (χ1n) is 7.91. The average Bonchev–Trinajstić information content (AvgIpc) is 3.30. The van der Waals surface area contributed by atoms with Crippen molar-refractivity contribution in [3.63, 3.8) is 0 Å². The van der Waals surface area contributed by atoms with E-state index in [1.165, 1.54) is 5.56 Å². The maximum absolute atomic E-state index is 12.7. The number of thiophene rings is 1. The summed E-state index contributed by atoms with van der Waals surface area (Å²) in [6.45, 7) is 2.23. The van der Waals surface area contributed by atoms with Crippen molar-refractivity contribution in [1.29, 1.82) is 0 Å². The predicted octanol–water partition coefficient (Wildman–Crippen LogP) is 4.69. The van der Waals surface area contributed by atoms with Gasteiger partial charge in [0.1, 0.15) is 4.83 Å². The third-order valence-corrected chi connectivity index (χ3v) is 6.26. The quantitative estimate of drug-likeness (QED) is 0.498. The zero-order valence-corrected chi connectivity index (χ0v) is 14.6. The second-order valence-electron chi connectivity index (χ2n) is 6.06. The van der Waals surface area contributed by atoms with Crippen LogP contribution < -0.4 is 5.56 Å². The number of hydrogen-bond acceptors (Lipinski definition) is 4. The van der Waals surface area contributed by atoms with Gasteiger partial charge in [0.2, 0.25) is 0 Å². The maximum Gasteiger partial charge on any atom is 0.263 e. The Balaban J connectivity index is 1.63. The normalized spacial score (nSPS) is 15.9. The number of hydrogen-bond donors (Lipinski definition) is 0. The van der Waals surface area contributed by atoms with Crippen LogP contribution >= 0.6 is 23.1 Å². The molecule has 0 amide bonds. The lowest BCUT2D eigenvalue weighted by Crippen LogP contribution is -2.22. The number of fused-ring (bicyclic) bond motifs is 1. The lowest BCUT2D eigenvalue weighted by atomic mass is 10.0. The number of nitrogens with zero attached hydrogens (tertiary/aromatic N) is 2. The Labute approximate surface area is 143 Å². The fourth-order valence-electron chi connectivity index (χ4n) is 2.74. The Morgan fingerprint density at radius 1 is 1.30 bits per heavy atom. The first kappa shape index (κ1) is 15.0. The first-order chi connectivity index (χ1) is 11.2. The van der Waals surface area contributed by atoms with Crippen LogP contribution in [0, 0.1) is 0 Å². The van der Waals surface area contributed by atoms with Gasteiger partial charge in [-0.2, -0.15) is 0 Å². The van der Waals surface area contributed by atoms with Crippen molar-refractivity contribution in [2.24, 2.45) is 0 Å². The summed E-state index contributed by atoms with van der Waals surface area (Å²) >= 11 is 3.26. The highest BCUT2D eigenvalue weighted by atomic mass is 32.2. The van der Waals surface area contributed by atoms with E-state index in [4.69, 9.17) is 4.98 Å². The molecule has 118 valence electrons. The minimum absolute atomic E-state index is 0.133. The van der Waals surface area contributed by atoms with Crippen LogP contribution in [0.15, 0.2) is 51.7 Å². The monoisotopic (exact) mass is 342 g/mol. The van der Waals surface area contributed by atoms with Crippen molar-refractivity contribution in [1.82, 2.24) is 9.55 Å². The molecule has 1 unspecified atom stereocenters. The second kappa shape index (κ2) is 6.13. The first-order valence-corrected chi connectivity index (χ1v) is 9.78. The third-order valence-electron chi connectivity index (χ3n) is 4.24. The van der Waals surface area contributed by atoms with Gasteiger partial charge in [-0.25, -0.2) is 4.98 Å². The molecule has 0 spiro atoms. The number of rotatable bonds is 5. The van der Waals surface area contributed by atoms with Gasteiger partial charge in [-0.1, -0.05) is 49.0 Å². The van der Waals surface area contributed by atoms with E-state index in [0.29, 0.717) is 12.0 Å². The fourth-order valence-corrected chi connectivity index (χ4v) is 4.67. The van der Waals surface area contributed by atoms with E-state index in [1.807, 2.05) is 22.1 Å². The van der Waals surface area contributed by atoms with E-state index >= 15 is 0 Å². The minimum Gasteiger partial charge on any atom is -0.284 e. The van der Waals surface area contributed by atoms with Gasteiger partial charge < -0.3 is 0 Å². The Morgan fingerprint density at radius 3 is 2.83 bits per heavy atom. The van der Waals surface area contributed by atoms with E-state index in [9.17, 15) is 4.79 Å². The Morgan fingerprint density at radius 2 is 2.09 bits per heavy atom. The molecule has 23 heavy (non-hydrogen) atoms. The smallest absolute Gasteiger partial charge is 0.263 e. The van der Waals surface area contributed by atoms with Crippen LogP contribution in [0.4, 0.5) is 0 Å². The molecule has 1 atom stereocenters. The fraction of sp³-hybridized carbons (Fsp3) is 0.333. The van der Waals surface area contributed by atoms with E-state index in [0.717, 1.165) is 34.0 Å². The van der Waals surface area contributed by atoms with E-state index in [-0.39, 0.29) is 5.56 Å². The Hall–Kier alpha value is -1.59. The van der Waals surface area contributed by atoms with Crippen LogP contribution in [0.1, 0.15) is 37.3 Å². The third kappa shape index (κ3) is 2.95. The molecule has 0 bridgehead atoms. The van der Waals surface area contributed by atoms with Crippen LogP contribution in [0.2, 0.25) is 0 Å². The molecule has 4 rings (SSSR count). The van der Waals surface area contributed by atoms with Crippen LogP contribution in [0.25, 0.3) is 10.2 Å². The zero-order valence-electron chi connectivity index (χ0n) is 12.9.